The minimum atomic E-state index is -5.50. The molecular weight excluding hydrogens is 299 g/mol. The van der Waals surface area contributed by atoms with Crippen molar-refractivity contribution in [2.75, 3.05) is 0 Å². The second kappa shape index (κ2) is 3.96. The lowest BCUT2D eigenvalue weighted by Crippen LogP contribution is -2.53. The molecule has 1 unspecified atom stereocenters. The summed E-state index contributed by atoms with van der Waals surface area (Å²) in [5.74, 6) is 0. The molecular formula is C9H6BrF5O. The van der Waals surface area contributed by atoms with Crippen LogP contribution in [0.4, 0.5) is 22.0 Å². The summed E-state index contributed by atoms with van der Waals surface area (Å²) >= 11 is 1.57. The van der Waals surface area contributed by atoms with E-state index in [9.17, 15) is 27.1 Å². The Bertz CT molecular complexity index is 342. The maximum atomic E-state index is 12.9. The van der Waals surface area contributed by atoms with Gasteiger partial charge >= 0.3 is 11.0 Å². The first kappa shape index (κ1) is 13.4. The summed E-state index contributed by atoms with van der Waals surface area (Å²) in [7, 11) is 0. The molecule has 7 heteroatoms. The number of halogens is 6. The molecule has 0 aliphatic rings. The molecule has 16 heavy (non-hydrogen) atoms. The molecule has 1 aromatic carbocycles. The van der Waals surface area contributed by atoms with Crippen LogP contribution in [0.15, 0.2) is 30.3 Å². The Balaban J connectivity index is 3.39. The van der Waals surface area contributed by atoms with Crippen LogP contribution in [0.5, 0.6) is 0 Å². The molecule has 0 heterocycles. The zero-order valence-electron chi connectivity index (χ0n) is 7.60. The van der Waals surface area contributed by atoms with E-state index in [0.29, 0.717) is 0 Å². The highest BCUT2D eigenvalue weighted by Crippen LogP contribution is 2.51. The molecule has 1 rings (SSSR count). The second-order valence-electron chi connectivity index (χ2n) is 3.07. The van der Waals surface area contributed by atoms with E-state index in [0.717, 1.165) is 24.3 Å². The molecule has 90 valence electrons. The van der Waals surface area contributed by atoms with E-state index in [4.69, 9.17) is 0 Å². The molecule has 1 N–H and O–H groups in total. The fraction of sp³-hybridized carbons (Fsp3) is 0.333. The second-order valence-corrected chi connectivity index (χ2v) is 4.07. The van der Waals surface area contributed by atoms with Gasteiger partial charge in [0.2, 0.25) is 0 Å². The topological polar surface area (TPSA) is 20.2 Å². The molecule has 0 fully saturated rings. The third-order valence-electron chi connectivity index (χ3n) is 2.01. The first-order valence-electron chi connectivity index (χ1n) is 4.02. The number of rotatable bonds is 2. The molecule has 0 aromatic heterocycles. The van der Waals surface area contributed by atoms with E-state index in [1.165, 1.54) is 6.07 Å². The summed E-state index contributed by atoms with van der Waals surface area (Å²) in [6.45, 7) is 0. The Morgan fingerprint density at radius 3 is 1.69 bits per heavy atom. The maximum absolute atomic E-state index is 12.9. The van der Waals surface area contributed by atoms with Crippen molar-refractivity contribution in [2.45, 2.75) is 16.6 Å². The van der Waals surface area contributed by atoms with Crippen molar-refractivity contribution in [3.63, 3.8) is 0 Å². The van der Waals surface area contributed by atoms with Crippen molar-refractivity contribution in [3.8, 4) is 0 Å². The Kier molecular flexibility index (Phi) is 3.31. The Hall–Kier alpha value is -0.690. The Morgan fingerprint density at radius 1 is 0.938 bits per heavy atom. The largest absolute Gasteiger partial charge is 0.428 e. The molecule has 0 aliphatic heterocycles. The fourth-order valence-electron chi connectivity index (χ4n) is 1.17. The van der Waals surface area contributed by atoms with Gasteiger partial charge in [-0.05, 0) is 21.5 Å². The van der Waals surface area contributed by atoms with Gasteiger partial charge in [-0.1, -0.05) is 30.3 Å². The minimum Gasteiger partial charge on any atom is -0.371 e. The summed E-state index contributed by atoms with van der Waals surface area (Å²) in [5, 5.41) is 9.23. The molecule has 1 aromatic rings. The summed E-state index contributed by atoms with van der Waals surface area (Å²) in [4.78, 5) is -4.51. The summed E-state index contributed by atoms with van der Waals surface area (Å²) in [6.07, 6.45) is -5.50. The normalized spacial score (nSPS) is 16.9. The summed E-state index contributed by atoms with van der Waals surface area (Å²) < 4.78 is 63.4. The van der Waals surface area contributed by atoms with Gasteiger partial charge in [-0.2, -0.15) is 22.0 Å². The van der Waals surface area contributed by atoms with Gasteiger partial charge < -0.3 is 5.11 Å². The fourth-order valence-corrected chi connectivity index (χ4v) is 1.62. The number of hydrogen-bond donors (Lipinski definition) is 1. The van der Waals surface area contributed by atoms with E-state index in [-0.39, 0.29) is 0 Å². The molecule has 0 saturated heterocycles. The number of hydrogen-bond acceptors (Lipinski definition) is 1. The maximum Gasteiger partial charge on any atom is 0.428 e. The average Bonchev–Trinajstić information content (AvgIpc) is 2.14. The van der Waals surface area contributed by atoms with Crippen LogP contribution in [0, 0.1) is 0 Å². The van der Waals surface area contributed by atoms with Gasteiger partial charge in [0, 0.05) is 0 Å². The molecule has 0 amide bonds. The van der Waals surface area contributed by atoms with Crippen LogP contribution in [-0.2, 0) is 5.60 Å². The first-order chi connectivity index (χ1) is 7.11. The minimum absolute atomic E-state index is 0.780. The average molecular weight is 305 g/mol. The third kappa shape index (κ3) is 2.06. The van der Waals surface area contributed by atoms with Crippen molar-refractivity contribution in [2.24, 2.45) is 0 Å². The predicted molar refractivity (Wildman–Crippen MR) is 50.3 cm³/mol. The van der Waals surface area contributed by atoms with Gasteiger partial charge in [0.05, 0.1) is 0 Å². The van der Waals surface area contributed by atoms with Gasteiger partial charge in [-0.25, -0.2) is 0 Å². The standard InChI is InChI=1S/C9H6BrF5O/c10-8(11,12)7(16,9(13,14)15)6-4-2-1-3-5-6/h1-5,16H. The number of alkyl halides is 6. The van der Waals surface area contributed by atoms with Crippen molar-refractivity contribution < 1.29 is 27.1 Å². The number of aliphatic hydroxyl groups is 1. The monoisotopic (exact) mass is 304 g/mol. The van der Waals surface area contributed by atoms with Crippen molar-refractivity contribution >= 4 is 15.9 Å². The van der Waals surface area contributed by atoms with E-state index in [1.807, 2.05) is 0 Å². The lowest BCUT2D eigenvalue weighted by molar-refractivity contribution is -0.313. The zero-order valence-corrected chi connectivity index (χ0v) is 9.19. The van der Waals surface area contributed by atoms with Gasteiger partial charge in [0.1, 0.15) is 0 Å². The van der Waals surface area contributed by atoms with Gasteiger partial charge in [-0.15, -0.1) is 0 Å². The molecule has 0 spiro atoms. The van der Waals surface area contributed by atoms with Crippen molar-refractivity contribution in [3.05, 3.63) is 35.9 Å². The van der Waals surface area contributed by atoms with Crippen LogP contribution >= 0.6 is 15.9 Å². The zero-order chi connectivity index (χ0) is 12.6. The molecule has 0 saturated carbocycles. The molecule has 1 atom stereocenters. The molecule has 0 aliphatic carbocycles. The van der Waals surface area contributed by atoms with Crippen LogP contribution in [0.25, 0.3) is 0 Å². The van der Waals surface area contributed by atoms with Crippen LogP contribution in [0.3, 0.4) is 0 Å². The lowest BCUT2D eigenvalue weighted by atomic mass is 9.93. The van der Waals surface area contributed by atoms with Crippen LogP contribution in [-0.4, -0.2) is 16.1 Å². The van der Waals surface area contributed by atoms with E-state index >= 15 is 0 Å². The van der Waals surface area contributed by atoms with Crippen LogP contribution in [0.1, 0.15) is 5.56 Å². The van der Waals surface area contributed by atoms with Gasteiger partial charge in [0.15, 0.2) is 0 Å². The van der Waals surface area contributed by atoms with Crippen LogP contribution in [0.2, 0.25) is 0 Å². The van der Waals surface area contributed by atoms with Gasteiger partial charge in [-0.3, -0.25) is 0 Å². The molecule has 0 bridgehead atoms. The highest BCUT2D eigenvalue weighted by atomic mass is 79.9. The summed E-state index contributed by atoms with van der Waals surface area (Å²) in [6, 6.07) is 5.17. The Labute approximate surface area is 96.0 Å². The third-order valence-corrected chi connectivity index (χ3v) is 2.59. The van der Waals surface area contributed by atoms with Crippen molar-refractivity contribution in [1.82, 2.24) is 0 Å². The van der Waals surface area contributed by atoms with E-state index in [2.05, 4.69) is 0 Å². The first-order valence-corrected chi connectivity index (χ1v) is 4.81. The molecule has 1 nitrogen and oxygen atoms in total. The lowest BCUT2D eigenvalue weighted by Gasteiger charge is -2.34. The van der Waals surface area contributed by atoms with E-state index < -0.39 is 22.2 Å². The smallest absolute Gasteiger partial charge is 0.371 e. The van der Waals surface area contributed by atoms with Crippen molar-refractivity contribution in [1.29, 1.82) is 0 Å². The number of benzene rings is 1. The molecule has 0 radical (unpaired) electrons. The Morgan fingerprint density at radius 2 is 1.38 bits per heavy atom. The quantitative estimate of drug-likeness (QED) is 0.655. The van der Waals surface area contributed by atoms with E-state index in [1.54, 1.807) is 15.9 Å². The highest BCUT2D eigenvalue weighted by molar-refractivity contribution is 9.10. The van der Waals surface area contributed by atoms with Gasteiger partial charge in [0.25, 0.3) is 5.60 Å². The highest BCUT2D eigenvalue weighted by Gasteiger charge is 2.69. The summed E-state index contributed by atoms with van der Waals surface area (Å²) in [5.41, 5.74) is -5.18. The predicted octanol–water partition coefficient (Wildman–Crippen LogP) is 3.42. The van der Waals surface area contributed by atoms with Crippen LogP contribution < -0.4 is 0 Å². The SMILES string of the molecule is OC(c1ccccc1)(C(F)(F)F)C(F)(F)Br.